The first-order valence-corrected chi connectivity index (χ1v) is 10.6. The zero-order valence-electron chi connectivity index (χ0n) is 17.1. The summed E-state index contributed by atoms with van der Waals surface area (Å²) in [6, 6.07) is 16.1. The van der Waals surface area contributed by atoms with Crippen molar-refractivity contribution in [1.82, 2.24) is 10.2 Å². The summed E-state index contributed by atoms with van der Waals surface area (Å²) in [5.41, 5.74) is 2.66. The number of likely N-dealkylation sites (tertiary alicyclic amines) is 1. The van der Waals surface area contributed by atoms with Gasteiger partial charge >= 0.3 is 0 Å². The number of β-amino-alcohol motifs (C(OH)–C–C–N with tert-alkyl or cyclic N) is 1. The van der Waals surface area contributed by atoms with Crippen molar-refractivity contribution in [3.05, 3.63) is 64.7 Å². The van der Waals surface area contributed by atoms with E-state index in [1.54, 1.807) is 6.07 Å². The normalized spacial score (nSPS) is 17.9. The molecule has 1 aliphatic heterocycles. The molecule has 6 heteroatoms. The topological polar surface area (TPSA) is 55.8 Å². The van der Waals surface area contributed by atoms with Gasteiger partial charge in [0.15, 0.2) is 0 Å². The summed E-state index contributed by atoms with van der Waals surface area (Å²) in [6.45, 7) is 5.07. The third kappa shape index (κ3) is 5.50. The second kappa shape index (κ2) is 10.1. The summed E-state index contributed by atoms with van der Waals surface area (Å²) in [7, 11) is 2.05. The molecule has 1 amide bonds. The van der Waals surface area contributed by atoms with Crippen molar-refractivity contribution in [3.63, 3.8) is 0 Å². The van der Waals surface area contributed by atoms with Gasteiger partial charge in [-0.1, -0.05) is 48.9 Å². The van der Waals surface area contributed by atoms with Crippen LogP contribution in [0.3, 0.4) is 0 Å². The first-order chi connectivity index (χ1) is 14.0. The van der Waals surface area contributed by atoms with E-state index in [0.717, 1.165) is 31.6 Å². The van der Waals surface area contributed by atoms with Crippen LogP contribution in [0.4, 0.5) is 5.69 Å². The largest absolute Gasteiger partial charge is 0.392 e. The Kier molecular flexibility index (Phi) is 7.53. The maximum absolute atomic E-state index is 12.3. The fourth-order valence-electron chi connectivity index (χ4n) is 3.77. The average molecular weight is 416 g/mol. The Morgan fingerprint density at radius 1 is 1.31 bits per heavy atom. The molecule has 1 heterocycles. The summed E-state index contributed by atoms with van der Waals surface area (Å²) in [5, 5.41) is 13.2. The van der Waals surface area contributed by atoms with Crippen molar-refractivity contribution in [1.29, 1.82) is 0 Å². The summed E-state index contributed by atoms with van der Waals surface area (Å²) < 4.78 is 0. The number of nitrogens with one attached hydrogen (secondary N) is 1. The van der Waals surface area contributed by atoms with Gasteiger partial charge in [0.1, 0.15) is 0 Å². The molecule has 0 unspecified atom stereocenters. The molecule has 1 fully saturated rings. The molecule has 0 saturated carbocycles. The molecule has 2 aromatic carbocycles. The SMILES string of the molecule is CCCNC(=O)c1ccc(N(C)[C@H](CN2CC[C@H](O)C2)c2ccccc2)cc1Cl. The zero-order chi connectivity index (χ0) is 20.8. The predicted molar refractivity (Wildman–Crippen MR) is 119 cm³/mol. The van der Waals surface area contributed by atoms with E-state index in [0.29, 0.717) is 23.7 Å². The summed E-state index contributed by atoms with van der Waals surface area (Å²) in [4.78, 5) is 16.8. The number of hydrogen-bond acceptors (Lipinski definition) is 4. The molecule has 156 valence electrons. The molecule has 29 heavy (non-hydrogen) atoms. The summed E-state index contributed by atoms with van der Waals surface area (Å²) in [6.07, 6.45) is 1.46. The number of anilines is 1. The maximum Gasteiger partial charge on any atom is 0.252 e. The highest BCUT2D eigenvalue weighted by Crippen LogP contribution is 2.30. The van der Waals surface area contributed by atoms with Crippen LogP contribution < -0.4 is 10.2 Å². The van der Waals surface area contributed by atoms with Crippen LogP contribution in [0.5, 0.6) is 0 Å². The molecule has 2 atom stereocenters. The summed E-state index contributed by atoms with van der Waals surface area (Å²) in [5.74, 6) is -0.142. The van der Waals surface area contributed by atoms with Crippen molar-refractivity contribution in [2.24, 2.45) is 0 Å². The van der Waals surface area contributed by atoms with Gasteiger partial charge in [-0.05, 0) is 36.6 Å². The minimum atomic E-state index is -0.243. The van der Waals surface area contributed by atoms with Gasteiger partial charge in [0.25, 0.3) is 5.91 Å². The van der Waals surface area contributed by atoms with Gasteiger partial charge in [-0.15, -0.1) is 0 Å². The van der Waals surface area contributed by atoms with Gasteiger partial charge in [0.05, 0.1) is 22.7 Å². The first-order valence-electron chi connectivity index (χ1n) is 10.3. The first kappa shape index (κ1) is 21.6. The lowest BCUT2D eigenvalue weighted by molar-refractivity contribution is 0.0954. The molecule has 1 saturated heterocycles. The Labute approximate surface area is 178 Å². The van der Waals surface area contributed by atoms with Crippen LogP contribution in [0.15, 0.2) is 48.5 Å². The number of halogens is 1. The van der Waals surface area contributed by atoms with E-state index in [1.807, 2.05) is 44.3 Å². The Balaban J connectivity index is 1.82. The van der Waals surface area contributed by atoms with E-state index >= 15 is 0 Å². The number of aliphatic hydroxyl groups is 1. The van der Waals surface area contributed by atoms with Gasteiger partial charge in [0.2, 0.25) is 0 Å². The molecule has 2 N–H and O–H groups in total. The molecule has 1 aliphatic rings. The molecule has 2 aromatic rings. The van der Waals surface area contributed by atoms with Crippen LogP contribution >= 0.6 is 11.6 Å². The Hall–Kier alpha value is -2.08. The lowest BCUT2D eigenvalue weighted by Gasteiger charge is -2.34. The van der Waals surface area contributed by atoms with E-state index in [-0.39, 0.29) is 18.1 Å². The summed E-state index contributed by atoms with van der Waals surface area (Å²) >= 11 is 6.46. The molecule has 0 radical (unpaired) electrons. The molecule has 0 aromatic heterocycles. The van der Waals surface area contributed by atoms with Crippen molar-refractivity contribution in [2.75, 3.05) is 38.1 Å². The highest BCUT2D eigenvalue weighted by molar-refractivity contribution is 6.34. The van der Waals surface area contributed by atoms with Crippen LogP contribution in [0.1, 0.15) is 41.7 Å². The zero-order valence-corrected chi connectivity index (χ0v) is 17.9. The predicted octanol–water partition coefficient (Wildman–Crippen LogP) is 3.72. The number of carbonyl (C=O) groups excluding carboxylic acids is 1. The lowest BCUT2D eigenvalue weighted by atomic mass is 10.0. The van der Waals surface area contributed by atoms with Crippen molar-refractivity contribution >= 4 is 23.2 Å². The minimum absolute atomic E-state index is 0.109. The van der Waals surface area contributed by atoms with Gasteiger partial charge in [-0.3, -0.25) is 9.69 Å². The number of hydrogen-bond donors (Lipinski definition) is 2. The van der Waals surface area contributed by atoms with E-state index in [1.165, 1.54) is 5.56 Å². The van der Waals surface area contributed by atoms with Crippen LogP contribution in [-0.2, 0) is 0 Å². The third-order valence-corrected chi connectivity index (χ3v) is 5.78. The Morgan fingerprint density at radius 2 is 2.07 bits per heavy atom. The van der Waals surface area contributed by atoms with E-state index in [9.17, 15) is 9.90 Å². The molecule has 0 aliphatic carbocycles. The minimum Gasteiger partial charge on any atom is -0.392 e. The molecular formula is C23H30ClN3O2. The smallest absolute Gasteiger partial charge is 0.252 e. The number of amides is 1. The molecular weight excluding hydrogens is 386 g/mol. The van der Waals surface area contributed by atoms with Crippen LogP contribution in [0.25, 0.3) is 0 Å². The second-order valence-electron chi connectivity index (χ2n) is 7.66. The van der Waals surface area contributed by atoms with E-state index < -0.39 is 0 Å². The van der Waals surface area contributed by atoms with E-state index in [2.05, 4.69) is 27.2 Å². The number of likely N-dealkylation sites (N-methyl/N-ethyl adjacent to an activating group) is 1. The van der Waals surface area contributed by atoms with Gasteiger partial charge < -0.3 is 15.3 Å². The highest BCUT2D eigenvalue weighted by Gasteiger charge is 2.26. The maximum atomic E-state index is 12.3. The number of aliphatic hydroxyl groups excluding tert-OH is 1. The average Bonchev–Trinajstić information content (AvgIpc) is 3.15. The van der Waals surface area contributed by atoms with Crippen molar-refractivity contribution in [2.45, 2.75) is 31.9 Å². The Morgan fingerprint density at radius 3 is 2.69 bits per heavy atom. The molecule has 5 nitrogen and oxygen atoms in total. The number of nitrogens with zero attached hydrogens (tertiary/aromatic N) is 2. The fourth-order valence-corrected chi connectivity index (χ4v) is 4.03. The number of carbonyl (C=O) groups is 1. The van der Waals surface area contributed by atoms with Gasteiger partial charge in [-0.2, -0.15) is 0 Å². The van der Waals surface area contributed by atoms with E-state index in [4.69, 9.17) is 11.6 Å². The van der Waals surface area contributed by atoms with Crippen LogP contribution in [0, 0.1) is 0 Å². The molecule has 0 spiro atoms. The quantitative estimate of drug-likeness (QED) is 0.689. The second-order valence-corrected chi connectivity index (χ2v) is 8.07. The standard InChI is InChI=1S/C23H30ClN3O2/c1-3-12-25-23(29)20-10-9-18(14-21(20)24)26(2)22(17-7-5-4-6-8-17)16-27-13-11-19(28)15-27/h4-10,14,19,22,28H,3,11-13,15-16H2,1-2H3,(H,25,29)/t19-,22+/m0/s1. The third-order valence-electron chi connectivity index (χ3n) is 5.47. The fraction of sp³-hybridized carbons (Fsp3) is 0.435. The lowest BCUT2D eigenvalue weighted by Crippen LogP contribution is -2.36. The van der Waals surface area contributed by atoms with Crippen LogP contribution in [0.2, 0.25) is 5.02 Å². The monoisotopic (exact) mass is 415 g/mol. The van der Waals surface area contributed by atoms with Gasteiger partial charge in [-0.25, -0.2) is 0 Å². The number of benzene rings is 2. The highest BCUT2D eigenvalue weighted by atomic mass is 35.5. The van der Waals surface area contributed by atoms with Gasteiger partial charge in [0, 0.05) is 38.9 Å². The van der Waals surface area contributed by atoms with Crippen LogP contribution in [-0.4, -0.2) is 55.2 Å². The van der Waals surface area contributed by atoms with Crippen molar-refractivity contribution < 1.29 is 9.90 Å². The molecule has 3 rings (SSSR count). The van der Waals surface area contributed by atoms with Crippen molar-refractivity contribution in [3.8, 4) is 0 Å². The molecule has 0 bridgehead atoms. The number of rotatable bonds is 8. The Bertz CT molecular complexity index is 815.